The van der Waals surface area contributed by atoms with Crippen molar-refractivity contribution in [3.05, 3.63) is 0 Å². The number of sulfone groups is 1. The van der Waals surface area contributed by atoms with Gasteiger partial charge in [-0.05, 0) is 6.92 Å². The largest absolute Gasteiger partial charge is 0.549 e. The zero-order chi connectivity index (χ0) is 16.9. The van der Waals surface area contributed by atoms with E-state index in [1.807, 2.05) is 0 Å². The predicted molar refractivity (Wildman–Crippen MR) is 58.6 cm³/mol. The summed E-state index contributed by atoms with van der Waals surface area (Å²) < 4.78 is 120. The van der Waals surface area contributed by atoms with Crippen LogP contribution in [0.25, 0.3) is 0 Å². The van der Waals surface area contributed by atoms with Crippen molar-refractivity contribution < 1.29 is 47.1 Å². The van der Waals surface area contributed by atoms with Gasteiger partial charge in [0.25, 0.3) is 0 Å². The highest BCUT2D eigenvalue weighted by molar-refractivity contribution is 7.93. The number of halogens is 6. The average Bonchev–Trinajstić information content (AvgIpc) is 2.71. The number of likely N-dealkylation sites (tertiary alicyclic amines) is 1. The van der Waals surface area contributed by atoms with Crippen molar-refractivity contribution >= 4 is 19.9 Å². The lowest BCUT2D eigenvalue weighted by molar-refractivity contribution is -0.805. The van der Waals surface area contributed by atoms with E-state index < -0.39 is 59.6 Å². The Morgan fingerprint density at radius 3 is 1.81 bits per heavy atom. The molecule has 5 nitrogen and oxygen atoms in total. The first kappa shape index (κ1) is 18.5. The van der Waals surface area contributed by atoms with Gasteiger partial charge in [0.2, 0.25) is 5.37 Å². The topological polar surface area (TPSA) is 68.3 Å². The highest BCUT2D eigenvalue weighted by Crippen LogP contribution is 2.44. The molecule has 0 spiro atoms. The van der Waals surface area contributed by atoms with Crippen molar-refractivity contribution in [2.24, 2.45) is 0 Å². The van der Waals surface area contributed by atoms with Crippen LogP contribution in [0.15, 0.2) is 0 Å². The minimum absolute atomic E-state index is 0.372. The van der Waals surface area contributed by atoms with E-state index in [1.54, 1.807) is 0 Å². The zero-order valence-corrected chi connectivity index (χ0v) is 12.2. The van der Waals surface area contributed by atoms with E-state index in [1.165, 1.54) is 0 Å². The molecule has 0 aromatic heterocycles. The maximum absolute atomic E-state index is 12.7. The molecule has 0 bridgehead atoms. The van der Waals surface area contributed by atoms with Crippen LogP contribution >= 0.6 is 0 Å². The van der Waals surface area contributed by atoms with Gasteiger partial charge in [0.1, 0.15) is 0 Å². The number of sulfonamides is 1. The van der Waals surface area contributed by atoms with Gasteiger partial charge < -0.3 is 0 Å². The van der Waals surface area contributed by atoms with E-state index in [9.17, 15) is 43.2 Å². The number of alkyl halides is 6. The molecule has 1 fully saturated rings. The van der Waals surface area contributed by atoms with Crippen LogP contribution in [0.3, 0.4) is 0 Å². The minimum atomic E-state index is -6.12. The second-order valence-electron chi connectivity index (χ2n) is 4.50. The summed E-state index contributed by atoms with van der Waals surface area (Å²) in [6, 6.07) is 0. The lowest BCUT2D eigenvalue weighted by Gasteiger charge is -2.36. The molecule has 0 radical (unpaired) electrons. The zero-order valence-electron chi connectivity index (χ0n) is 10.6. The standard InChI is InChI=1S/C8H12F6NO4S2/c1-2-15(21(18,19)8(12,13)14)5-3-4-6(15)20(16,17)7(9,10)11/h6H,2-5H2,1H3/q+1. The third-order valence-corrected chi connectivity index (χ3v) is 7.87. The molecule has 0 aromatic carbocycles. The number of quaternary nitrogens is 1. The maximum atomic E-state index is 12.7. The number of nitrogens with zero attached hydrogens (tertiary/aromatic N) is 1. The fraction of sp³-hybridized carbons (Fsp3) is 1.00. The second kappa shape index (κ2) is 4.98. The fourth-order valence-corrected chi connectivity index (χ4v) is 6.25. The van der Waals surface area contributed by atoms with Crippen LogP contribution in [0.2, 0.25) is 0 Å². The molecule has 1 saturated heterocycles. The van der Waals surface area contributed by atoms with Crippen LogP contribution in [0.1, 0.15) is 19.8 Å². The van der Waals surface area contributed by atoms with Crippen molar-refractivity contribution in [1.29, 1.82) is 0 Å². The summed E-state index contributed by atoms with van der Waals surface area (Å²) in [5.41, 5.74) is -11.7. The lowest BCUT2D eigenvalue weighted by Crippen LogP contribution is -2.63. The summed E-state index contributed by atoms with van der Waals surface area (Å²) in [6.45, 7) is -0.854. The summed E-state index contributed by atoms with van der Waals surface area (Å²) in [5, 5.41) is -2.70. The quantitative estimate of drug-likeness (QED) is 0.565. The van der Waals surface area contributed by atoms with Crippen LogP contribution in [-0.4, -0.2) is 50.2 Å². The SMILES string of the molecule is CC[N+]1(S(=O)(=O)C(F)(F)F)CCCC1S(=O)(=O)C(F)(F)F. The second-order valence-corrected chi connectivity index (χ2v) is 8.74. The molecule has 13 heteroatoms. The molecule has 1 aliphatic rings. The first-order chi connectivity index (χ1) is 9.15. The Labute approximate surface area is 117 Å². The van der Waals surface area contributed by atoms with Crippen LogP contribution in [0, 0.1) is 0 Å². The van der Waals surface area contributed by atoms with Crippen molar-refractivity contribution in [1.82, 2.24) is 0 Å². The third kappa shape index (κ3) is 2.52. The molecule has 0 aliphatic carbocycles. The van der Waals surface area contributed by atoms with Crippen molar-refractivity contribution in [3.8, 4) is 0 Å². The van der Waals surface area contributed by atoms with E-state index in [4.69, 9.17) is 0 Å². The molecule has 1 heterocycles. The summed E-state index contributed by atoms with van der Waals surface area (Å²) in [6.07, 6.45) is -1.17. The Morgan fingerprint density at radius 2 is 1.48 bits per heavy atom. The Balaban J connectivity index is 3.58. The van der Waals surface area contributed by atoms with Gasteiger partial charge >= 0.3 is 30.9 Å². The number of hydrogen-bond acceptors (Lipinski definition) is 4. The van der Waals surface area contributed by atoms with Gasteiger partial charge in [-0.25, -0.2) is 8.42 Å². The van der Waals surface area contributed by atoms with Crippen molar-refractivity contribution in [2.45, 2.75) is 36.2 Å². The summed E-state index contributed by atoms with van der Waals surface area (Å²) in [4.78, 5) is 0. The minimum Gasteiger partial charge on any atom is -0.213 e. The molecule has 2 atom stereocenters. The molecule has 0 amide bonds. The van der Waals surface area contributed by atoms with Gasteiger partial charge in [0.15, 0.2) is 0 Å². The maximum Gasteiger partial charge on any atom is 0.549 e. The van der Waals surface area contributed by atoms with Gasteiger partial charge in [0.05, 0.1) is 13.1 Å². The molecule has 126 valence electrons. The Kier molecular flexibility index (Phi) is 4.38. The van der Waals surface area contributed by atoms with E-state index in [0.29, 0.717) is 0 Å². The molecule has 0 N–H and O–H groups in total. The highest BCUT2D eigenvalue weighted by atomic mass is 32.2. The summed E-state index contributed by atoms with van der Waals surface area (Å²) >= 11 is 0. The number of rotatable bonds is 3. The molecular formula is C8H12F6NO4S2+. The molecule has 21 heavy (non-hydrogen) atoms. The van der Waals surface area contributed by atoms with Gasteiger partial charge in [-0.15, -0.1) is 0 Å². The van der Waals surface area contributed by atoms with E-state index in [-0.39, 0.29) is 6.42 Å². The van der Waals surface area contributed by atoms with Gasteiger partial charge in [-0.1, -0.05) is 0 Å². The predicted octanol–water partition coefficient (Wildman–Crippen LogP) is 1.73. The van der Waals surface area contributed by atoms with Crippen LogP contribution in [-0.2, 0) is 19.9 Å². The van der Waals surface area contributed by atoms with Crippen LogP contribution < -0.4 is 0 Å². The smallest absolute Gasteiger partial charge is 0.213 e. The first-order valence-electron chi connectivity index (χ1n) is 5.63. The Hall–Kier alpha value is -0.560. The summed E-state index contributed by atoms with van der Waals surface area (Å²) in [7, 11) is -12.2. The molecule has 2 unspecified atom stereocenters. The molecule has 1 rings (SSSR count). The Morgan fingerprint density at radius 1 is 1.00 bits per heavy atom. The van der Waals surface area contributed by atoms with Crippen molar-refractivity contribution in [3.63, 3.8) is 0 Å². The lowest BCUT2D eigenvalue weighted by atomic mass is 10.4. The van der Waals surface area contributed by atoms with E-state index >= 15 is 0 Å². The first-order valence-corrected chi connectivity index (χ1v) is 8.62. The normalized spacial score (nSPS) is 28.8. The molecule has 0 aromatic rings. The average molecular weight is 364 g/mol. The van der Waals surface area contributed by atoms with Crippen LogP contribution in [0.5, 0.6) is 0 Å². The van der Waals surface area contributed by atoms with Crippen molar-refractivity contribution in [2.75, 3.05) is 13.1 Å². The van der Waals surface area contributed by atoms with E-state index in [0.717, 1.165) is 6.92 Å². The van der Waals surface area contributed by atoms with E-state index in [2.05, 4.69) is 0 Å². The highest BCUT2D eigenvalue weighted by Gasteiger charge is 2.70. The molecular weight excluding hydrogens is 352 g/mol. The van der Waals surface area contributed by atoms with Crippen LogP contribution in [0.4, 0.5) is 26.3 Å². The molecule has 1 aliphatic heterocycles. The summed E-state index contributed by atoms with van der Waals surface area (Å²) in [5.74, 6) is 0. The van der Waals surface area contributed by atoms with Gasteiger partial charge in [-0.3, -0.25) is 0 Å². The monoisotopic (exact) mass is 364 g/mol. The van der Waals surface area contributed by atoms with Gasteiger partial charge in [0, 0.05) is 12.8 Å². The van der Waals surface area contributed by atoms with Gasteiger partial charge in [-0.2, -0.15) is 38.6 Å². The number of hydrogen-bond donors (Lipinski definition) is 0. The fourth-order valence-electron chi connectivity index (χ4n) is 2.49. The Bertz CT molecular complexity index is 608. The molecule has 0 saturated carbocycles. The third-order valence-electron chi connectivity index (χ3n) is 3.50.